The second-order valence-electron chi connectivity index (χ2n) is 8.23. The first-order valence-electron chi connectivity index (χ1n) is 11.1. The fourth-order valence-corrected chi connectivity index (χ4v) is 6.55. The van der Waals surface area contributed by atoms with Crippen molar-refractivity contribution in [3.63, 3.8) is 0 Å². The highest BCUT2D eigenvalue weighted by Gasteiger charge is 2.30. The van der Waals surface area contributed by atoms with Gasteiger partial charge in [-0.05, 0) is 42.2 Å². The molecule has 1 aliphatic rings. The van der Waals surface area contributed by atoms with Crippen LogP contribution in [-0.2, 0) is 6.18 Å². The van der Waals surface area contributed by atoms with Crippen molar-refractivity contribution >= 4 is 45.0 Å². The maximum Gasteiger partial charge on any atom is 0.416 e. The van der Waals surface area contributed by atoms with Crippen LogP contribution in [0.15, 0.2) is 46.9 Å². The number of pyridine rings is 1. The van der Waals surface area contributed by atoms with E-state index in [0.717, 1.165) is 45.0 Å². The molecule has 5 rings (SSSR count). The van der Waals surface area contributed by atoms with Crippen molar-refractivity contribution in [1.29, 1.82) is 0 Å². The molecule has 3 heterocycles. The third kappa shape index (κ3) is 4.93. The molecule has 0 amide bonds. The number of thiophene rings is 1. The third-order valence-electron chi connectivity index (χ3n) is 5.86. The fourth-order valence-electron chi connectivity index (χ4n) is 3.76. The molecule has 0 spiro atoms. The molecule has 0 saturated heterocycles. The average molecular weight is 518 g/mol. The minimum absolute atomic E-state index is 0.0408. The van der Waals surface area contributed by atoms with Crippen LogP contribution in [-0.4, -0.2) is 38.5 Å². The number of thioether (sulfide) groups is 1. The minimum Gasteiger partial charge on any atom is -0.397 e. The number of rotatable bonds is 7. The van der Waals surface area contributed by atoms with Gasteiger partial charge >= 0.3 is 6.18 Å². The van der Waals surface area contributed by atoms with Gasteiger partial charge in [-0.3, -0.25) is 0 Å². The zero-order valence-corrected chi connectivity index (χ0v) is 20.1. The van der Waals surface area contributed by atoms with Gasteiger partial charge in [-0.1, -0.05) is 18.6 Å². The van der Waals surface area contributed by atoms with Crippen molar-refractivity contribution in [2.45, 2.75) is 34.9 Å². The van der Waals surface area contributed by atoms with E-state index in [9.17, 15) is 13.2 Å². The van der Waals surface area contributed by atoms with Crippen molar-refractivity contribution < 1.29 is 18.3 Å². The number of halogens is 3. The number of fused-ring (bicyclic) bond motifs is 1. The Morgan fingerprint density at radius 2 is 1.83 bits per heavy atom. The van der Waals surface area contributed by atoms with Crippen LogP contribution < -0.4 is 11.1 Å². The topological polar surface area (TPSA) is 97.0 Å². The van der Waals surface area contributed by atoms with Crippen molar-refractivity contribution in [2.24, 2.45) is 0 Å². The summed E-state index contributed by atoms with van der Waals surface area (Å²) in [6.07, 6.45) is 2.35. The summed E-state index contributed by atoms with van der Waals surface area (Å²) in [6, 6.07) is 6.92. The zero-order chi connectivity index (χ0) is 24.6. The number of hydrogen-bond acceptors (Lipinski definition) is 8. The van der Waals surface area contributed by atoms with Gasteiger partial charge in [0, 0.05) is 35.1 Å². The lowest BCUT2D eigenvalue weighted by molar-refractivity contribution is -0.137. The predicted octanol–water partition coefficient (Wildman–Crippen LogP) is 6.07. The van der Waals surface area contributed by atoms with Gasteiger partial charge in [0.2, 0.25) is 5.95 Å². The van der Waals surface area contributed by atoms with Crippen molar-refractivity contribution in [3.05, 3.63) is 48.3 Å². The number of hydrogen-bond donors (Lipinski definition) is 3. The molecule has 1 saturated carbocycles. The number of nitrogen functional groups attached to an aromatic ring is 1. The number of nitrogens with zero attached hydrogens (tertiary/aromatic N) is 3. The SMILES string of the molecule is Nc1c(SC2CCC2)sc2nc(-c3cnc(NCCO)nc3)cc(-c3ccc(C(F)(F)F)cc3)c12. The zero-order valence-electron chi connectivity index (χ0n) is 18.5. The standard InChI is InChI=1S/C24H22F3N5OS2/c25-24(26,27)15-6-4-13(5-7-15)17-10-18(14-11-30-23(31-12-14)29-8-9-33)32-21-19(17)20(28)22(35-21)34-16-2-1-3-16/h4-7,10-12,16,33H,1-3,8-9,28H2,(H,29,30,31). The summed E-state index contributed by atoms with van der Waals surface area (Å²) in [5.41, 5.74) is 9.10. The Bertz CT molecular complexity index is 1340. The third-order valence-corrected chi connectivity index (χ3v) is 8.53. The number of benzene rings is 1. The lowest BCUT2D eigenvalue weighted by atomic mass is 9.99. The van der Waals surface area contributed by atoms with E-state index in [1.54, 1.807) is 24.2 Å². The first-order chi connectivity index (χ1) is 16.8. The van der Waals surface area contributed by atoms with E-state index in [2.05, 4.69) is 15.3 Å². The van der Waals surface area contributed by atoms with Crippen LogP contribution in [0.3, 0.4) is 0 Å². The van der Waals surface area contributed by atoms with Gasteiger partial charge in [-0.2, -0.15) is 13.2 Å². The molecule has 1 aliphatic carbocycles. The van der Waals surface area contributed by atoms with Crippen LogP contribution >= 0.6 is 23.1 Å². The van der Waals surface area contributed by atoms with Crippen LogP contribution in [0, 0.1) is 0 Å². The largest absolute Gasteiger partial charge is 0.416 e. The van der Waals surface area contributed by atoms with Gasteiger partial charge in [-0.25, -0.2) is 15.0 Å². The van der Waals surface area contributed by atoms with Crippen molar-refractivity contribution in [3.8, 4) is 22.4 Å². The quantitative estimate of drug-likeness (QED) is 0.274. The number of nitrogens with two attached hydrogens (primary N) is 1. The van der Waals surface area contributed by atoms with Crippen molar-refractivity contribution in [2.75, 3.05) is 24.2 Å². The molecule has 0 bridgehead atoms. The molecule has 0 unspecified atom stereocenters. The van der Waals surface area contributed by atoms with Gasteiger partial charge in [0.25, 0.3) is 0 Å². The Morgan fingerprint density at radius 1 is 1.11 bits per heavy atom. The molecule has 0 aliphatic heterocycles. The van der Waals surface area contributed by atoms with Crippen LogP contribution in [0.1, 0.15) is 24.8 Å². The maximum absolute atomic E-state index is 13.1. The smallest absolute Gasteiger partial charge is 0.397 e. The molecule has 3 aromatic heterocycles. The Balaban J connectivity index is 1.61. The van der Waals surface area contributed by atoms with Crippen LogP contribution in [0.2, 0.25) is 0 Å². The summed E-state index contributed by atoms with van der Waals surface area (Å²) in [5, 5.41) is 13.1. The van der Waals surface area contributed by atoms with Crippen LogP contribution in [0.4, 0.5) is 24.8 Å². The minimum atomic E-state index is -4.41. The van der Waals surface area contributed by atoms with Crippen LogP contribution in [0.5, 0.6) is 0 Å². The molecule has 1 aromatic carbocycles. The summed E-state index contributed by atoms with van der Waals surface area (Å²) in [5.74, 6) is 0.381. The molecule has 1 fully saturated rings. The van der Waals surface area contributed by atoms with E-state index in [4.69, 9.17) is 15.8 Å². The van der Waals surface area contributed by atoms with E-state index in [0.29, 0.717) is 40.3 Å². The normalized spacial score (nSPS) is 14.3. The first kappa shape index (κ1) is 23.8. The van der Waals surface area contributed by atoms with Gasteiger partial charge in [0.15, 0.2) is 0 Å². The second kappa shape index (κ2) is 9.63. The van der Waals surface area contributed by atoms with Gasteiger partial charge in [-0.15, -0.1) is 23.1 Å². The van der Waals surface area contributed by atoms with Crippen molar-refractivity contribution in [1.82, 2.24) is 15.0 Å². The molecule has 35 heavy (non-hydrogen) atoms. The van der Waals surface area contributed by atoms with E-state index in [-0.39, 0.29) is 6.61 Å². The number of anilines is 2. The summed E-state index contributed by atoms with van der Waals surface area (Å²) in [4.78, 5) is 14.1. The Hall–Kier alpha value is -2.89. The molecular formula is C24H22F3N5OS2. The molecule has 4 N–H and O–H groups in total. The monoisotopic (exact) mass is 517 g/mol. The van der Waals surface area contributed by atoms with Gasteiger partial charge < -0.3 is 16.2 Å². The molecule has 6 nitrogen and oxygen atoms in total. The van der Waals surface area contributed by atoms with Crippen LogP contribution in [0.25, 0.3) is 32.6 Å². The van der Waals surface area contributed by atoms with E-state index in [1.165, 1.54) is 29.9 Å². The molecule has 182 valence electrons. The summed E-state index contributed by atoms with van der Waals surface area (Å²) >= 11 is 3.26. The number of aliphatic hydroxyl groups excluding tert-OH is 1. The fraction of sp³-hybridized carbons (Fsp3) is 0.292. The number of aliphatic hydroxyl groups is 1. The summed E-state index contributed by atoms with van der Waals surface area (Å²) in [6.45, 7) is 0.290. The predicted molar refractivity (Wildman–Crippen MR) is 135 cm³/mol. The molecule has 4 aromatic rings. The Morgan fingerprint density at radius 3 is 2.43 bits per heavy atom. The second-order valence-corrected chi connectivity index (χ2v) is 10.8. The highest BCUT2D eigenvalue weighted by Crippen LogP contribution is 2.48. The highest BCUT2D eigenvalue weighted by molar-refractivity contribution is 8.02. The summed E-state index contributed by atoms with van der Waals surface area (Å²) in [7, 11) is 0. The van der Waals surface area contributed by atoms with E-state index < -0.39 is 11.7 Å². The lowest BCUT2D eigenvalue weighted by Crippen LogP contribution is -2.12. The molecular weight excluding hydrogens is 495 g/mol. The first-order valence-corrected chi connectivity index (χ1v) is 12.8. The van der Waals surface area contributed by atoms with E-state index >= 15 is 0 Å². The van der Waals surface area contributed by atoms with Gasteiger partial charge in [0.05, 0.1) is 27.8 Å². The highest BCUT2D eigenvalue weighted by atomic mass is 32.2. The Labute approximate surface area is 207 Å². The molecule has 0 radical (unpaired) electrons. The lowest BCUT2D eigenvalue weighted by Gasteiger charge is -2.23. The Kier molecular flexibility index (Phi) is 6.56. The molecule has 11 heteroatoms. The summed E-state index contributed by atoms with van der Waals surface area (Å²) < 4.78 is 40.4. The number of nitrogens with one attached hydrogen (secondary N) is 1. The average Bonchev–Trinajstić information content (AvgIpc) is 3.14. The molecule has 0 atom stereocenters. The van der Waals surface area contributed by atoms with Gasteiger partial charge in [0.1, 0.15) is 4.83 Å². The van der Waals surface area contributed by atoms with E-state index in [1.807, 2.05) is 6.07 Å². The number of alkyl halides is 3. The maximum atomic E-state index is 13.1. The number of aromatic nitrogens is 3.